The highest BCUT2D eigenvalue weighted by Gasteiger charge is 2.15. The first-order valence-corrected chi connectivity index (χ1v) is 9.44. The van der Waals surface area contributed by atoms with Crippen molar-refractivity contribution in [1.82, 2.24) is 4.98 Å². The summed E-state index contributed by atoms with van der Waals surface area (Å²) in [5.41, 5.74) is 5.03. The van der Waals surface area contributed by atoms with Crippen LogP contribution in [-0.4, -0.2) is 10.9 Å². The Labute approximate surface area is 166 Å². The van der Waals surface area contributed by atoms with Crippen LogP contribution in [0.3, 0.4) is 0 Å². The van der Waals surface area contributed by atoms with Gasteiger partial charge in [0.2, 0.25) is 0 Å². The van der Waals surface area contributed by atoms with Gasteiger partial charge in [0.25, 0.3) is 5.91 Å². The molecule has 0 fully saturated rings. The minimum absolute atomic E-state index is 0.157. The largest absolute Gasteiger partial charge is 0.321 e. The number of para-hydroxylation sites is 1. The lowest BCUT2D eigenvalue weighted by atomic mass is 10.0. The zero-order valence-corrected chi connectivity index (χ0v) is 16.3. The number of benzene rings is 3. The van der Waals surface area contributed by atoms with Gasteiger partial charge in [0.1, 0.15) is 0 Å². The van der Waals surface area contributed by atoms with Crippen LogP contribution in [0.2, 0.25) is 0 Å². The molecule has 0 atom stereocenters. The molecule has 1 heterocycles. The topological polar surface area (TPSA) is 42.0 Å². The summed E-state index contributed by atoms with van der Waals surface area (Å²) >= 11 is 3.52. The third-order valence-electron chi connectivity index (χ3n) is 4.40. The van der Waals surface area contributed by atoms with Gasteiger partial charge in [-0.2, -0.15) is 0 Å². The standard InChI is InChI=1S/C23H17BrN2O/c1-15-11-12-21(19(24)13-15)26-23(27)18-14-22(16-7-3-2-4-8-16)25-20-10-6-5-9-17(18)20/h2-14H,1H3,(H,26,27). The quantitative estimate of drug-likeness (QED) is 0.430. The number of halogens is 1. The molecule has 3 nitrogen and oxygen atoms in total. The molecule has 0 saturated carbocycles. The highest BCUT2D eigenvalue weighted by atomic mass is 79.9. The van der Waals surface area contributed by atoms with Crippen LogP contribution in [-0.2, 0) is 0 Å². The van der Waals surface area contributed by atoms with Gasteiger partial charge in [0, 0.05) is 15.4 Å². The van der Waals surface area contributed by atoms with E-state index in [9.17, 15) is 4.79 Å². The van der Waals surface area contributed by atoms with E-state index >= 15 is 0 Å². The van der Waals surface area contributed by atoms with Crippen LogP contribution in [0.25, 0.3) is 22.2 Å². The molecule has 132 valence electrons. The Hall–Kier alpha value is -2.98. The molecule has 0 spiro atoms. The van der Waals surface area contributed by atoms with Gasteiger partial charge in [-0.15, -0.1) is 0 Å². The molecule has 4 heteroatoms. The van der Waals surface area contributed by atoms with Crippen molar-refractivity contribution in [2.45, 2.75) is 6.92 Å². The van der Waals surface area contributed by atoms with Crippen LogP contribution in [0.5, 0.6) is 0 Å². The highest BCUT2D eigenvalue weighted by Crippen LogP contribution is 2.27. The number of pyridine rings is 1. The Morgan fingerprint density at radius 3 is 2.44 bits per heavy atom. The maximum Gasteiger partial charge on any atom is 0.256 e. The van der Waals surface area contributed by atoms with Gasteiger partial charge in [0.05, 0.1) is 22.5 Å². The first-order valence-electron chi connectivity index (χ1n) is 8.64. The van der Waals surface area contributed by atoms with E-state index in [1.807, 2.05) is 85.8 Å². The molecule has 27 heavy (non-hydrogen) atoms. The van der Waals surface area contributed by atoms with Gasteiger partial charge < -0.3 is 5.32 Å². The molecule has 0 aliphatic carbocycles. The maximum absolute atomic E-state index is 13.1. The summed E-state index contributed by atoms with van der Waals surface area (Å²) < 4.78 is 0.859. The Bertz CT molecular complexity index is 1140. The first kappa shape index (κ1) is 17.4. The second kappa shape index (κ2) is 7.33. The van der Waals surface area contributed by atoms with Gasteiger partial charge in [-0.3, -0.25) is 4.79 Å². The van der Waals surface area contributed by atoms with Crippen molar-refractivity contribution in [1.29, 1.82) is 0 Å². The molecular formula is C23H17BrN2O. The lowest BCUT2D eigenvalue weighted by Crippen LogP contribution is -2.13. The number of nitrogens with zero attached hydrogens (tertiary/aromatic N) is 1. The van der Waals surface area contributed by atoms with Gasteiger partial charge in [-0.05, 0) is 52.7 Å². The summed E-state index contributed by atoms with van der Waals surface area (Å²) in [6.45, 7) is 2.01. The van der Waals surface area contributed by atoms with E-state index in [4.69, 9.17) is 4.98 Å². The van der Waals surface area contributed by atoms with Crippen molar-refractivity contribution in [2.24, 2.45) is 0 Å². The number of aromatic nitrogens is 1. The number of amides is 1. The van der Waals surface area contributed by atoms with E-state index in [1.165, 1.54) is 0 Å². The number of nitrogens with one attached hydrogen (secondary N) is 1. The van der Waals surface area contributed by atoms with Crippen LogP contribution in [0.4, 0.5) is 5.69 Å². The number of carbonyl (C=O) groups is 1. The Kier molecular flexibility index (Phi) is 4.73. The summed E-state index contributed by atoms with van der Waals surface area (Å²) in [5, 5.41) is 3.84. The SMILES string of the molecule is Cc1ccc(NC(=O)c2cc(-c3ccccc3)nc3ccccc23)c(Br)c1. The normalized spacial score (nSPS) is 10.7. The molecule has 0 aliphatic rings. The lowest BCUT2D eigenvalue weighted by Gasteiger charge is -2.12. The van der Waals surface area contributed by atoms with E-state index in [2.05, 4.69) is 21.2 Å². The number of anilines is 1. The third kappa shape index (κ3) is 3.62. The van der Waals surface area contributed by atoms with Crippen LogP contribution in [0.1, 0.15) is 15.9 Å². The van der Waals surface area contributed by atoms with Crippen molar-refractivity contribution in [3.8, 4) is 11.3 Å². The van der Waals surface area contributed by atoms with Crippen LogP contribution in [0.15, 0.2) is 83.3 Å². The van der Waals surface area contributed by atoms with E-state index in [1.54, 1.807) is 0 Å². The molecule has 1 N–H and O–H groups in total. The number of hydrogen-bond acceptors (Lipinski definition) is 2. The number of rotatable bonds is 3. The molecule has 1 aromatic heterocycles. The van der Waals surface area contributed by atoms with E-state index in [-0.39, 0.29) is 5.91 Å². The predicted molar refractivity (Wildman–Crippen MR) is 114 cm³/mol. The van der Waals surface area contributed by atoms with E-state index in [0.717, 1.165) is 37.9 Å². The summed E-state index contributed by atoms with van der Waals surface area (Å²) in [6.07, 6.45) is 0. The maximum atomic E-state index is 13.1. The highest BCUT2D eigenvalue weighted by molar-refractivity contribution is 9.10. The first-order chi connectivity index (χ1) is 13.1. The summed E-state index contributed by atoms with van der Waals surface area (Å²) in [4.78, 5) is 17.8. The molecule has 0 unspecified atom stereocenters. The average Bonchev–Trinajstić information content (AvgIpc) is 2.70. The summed E-state index contributed by atoms with van der Waals surface area (Å²) in [7, 11) is 0. The second-order valence-corrected chi connectivity index (χ2v) is 7.23. The minimum atomic E-state index is -0.157. The Morgan fingerprint density at radius 2 is 1.67 bits per heavy atom. The zero-order chi connectivity index (χ0) is 18.8. The Morgan fingerprint density at radius 1 is 0.926 bits per heavy atom. The number of aryl methyl sites for hydroxylation is 1. The number of hydrogen-bond donors (Lipinski definition) is 1. The van der Waals surface area contributed by atoms with Crippen molar-refractivity contribution in [3.05, 3.63) is 94.5 Å². The fourth-order valence-corrected chi connectivity index (χ4v) is 3.62. The van der Waals surface area contributed by atoms with Gasteiger partial charge in [0.15, 0.2) is 0 Å². The smallest absolute Gasteiger partial charge is 0.256 e. The minimum Gasteiger partial charge on any atom is -0.321 e. The van der Waals surface area contributed by atoms with Crippen molar-refractivity contribution in [3.63, 3.8) is 0 Å². The van der Waals surface area contributed by atoms with Crippen molar-refractivity contribution < 1.29 is 4.79 Å². The van der Waals surface area contributed by atoms with E-state index < -0.39 is 0 Å². The summed E-state index contributed by atoms with van der Waals surface area (Å²) in [6, 6.07) is 25.3. The lowest BCUT2D eigenvalue weighted by molar-refractivity contribution is 0.102. The number of fused-ring (bicyclic) bond motifs is 1. The molecule has 0 saturated heterocycles. The van der Waals surface area contributed by atoms with Gasteiger partial charge >= 0.3 is 0 Å². The number of carbonyl (C=O) groups excluding carboxylic acids is 1. The van der Waals surface area contributed by atoms with Crippen LogP contribution < -0.4 is 5.32 Å². The van der Waals surface area contributed by atoms with Crippen LogP contribution in [0, 0.1) is 6.92 Å². The molecule has 4 rings (SSSR count). The second-order valence-electron chi connectivity index (χ2n) is 6.38. The average molecular weight is 417 g/mol. The Balaban J connectivity index is 1.81. The predicted octanol–water partition coefficient (Wildman–Crippen LogP) is 6.23. The molecular weight excluding hydrogens is 400 g/mol. The molecule has 0 aliphatic heterocycles. The molecule has 0 radical (unpaired) electrons. The molecule has 1 amide bonds. The van der Waals surface area contributed by atoms with Crippen LogP contribution >= 0.6 is 15.9 Å². The van der Waals surface area contributed by atoms with Gasteiger partial charge in [-0.1, -0.05) is 54.6 Å². The fourth-order valence-electron chi connectivity index (χ4n) is 3.03. The van der Waals surface area contributed by atoms with Gasteiger partial charge in [-0.25, -0.2) is 4.98 Å². The third-order valence-corrected chi connectivity index (χ3v) is 5.06. The fraction of sp³-hybridized carbons (Fsp3) is 0.0435. The van der Waals surface area contributed by atoms with Crippen molar-refractivity contribution in [2.75, 3.05) is 5.32 Å². The molecule has 3 aromatic carbocycles. The molecule has 4 aromatic rings. The molecule has 0 bridgehead atoms. The monoisotopic (exact) mass is 416 g/mol. The van der Waals surface area contributed by atoms with E-state index in [0.29, 0.717) is 5.56 Å². The van der Waals surface area contributed by atoms with Crippen molar-refractivity contribution >= 4 is 38.4 Å². The zero-order valence-electron chi connectivity index (χ0n) is 14.7. The summed E-state index contributed by atoms with van der Waals surface area (Å²) in [5.74, 6) is -0.157.